The van der Waals surface area contributed by atoms with E-state index in [-0.39, 0.29) is 55.7 Å². The molecule has 2 radical (unpaired) electrons. The van der Waals surface area contributed by atoms with E-state index < -0.39 is 41.5 Å². The van der Waals surface area contributed by atoms with Gasteiger partial charge in [0.15, 0.2) is 0 Å². The first-order valence-corrected chi connectivity index (χ1v) is 19.9. The Morgan fingerprint density at radius 2 is 1.38 bits per heavy atom. The summed E-state index contributed by atoms with van der Waals surface area (Å²) in [6.45, 7) is 5.34. The maximum atomic E-state index is 14.1. The number of hydrogen-bond donors (Lipinski definition) is 4. The zero-order valence-corrected chi connectivity index (χ0v) is 34.7. The van der Waals surface area contributed by atoms with Gasteiger partial charge in [0.1, 0.15) is 24.4 Å². The molecule has 5 rings (SSSR count). The van der Waals surface area contributed by atoms with Gasteiger partial charge in [-0.1, -0.05) is 51.4 Å². The van der Waals surface area contributed by atoms with E-state index in [1.165, 1.54) is 36.2 Å². The van der Waals surface area contributed by atoms with Crippen molar-refractivity contribution in [2.75, 3.05) is 55.9 Å². The fourth-order valence-electron chi connectivity index (χ4n) is 7.71. The second kappa shape index (κ2) is 20.2. The predicted molar refractivity (Wildman–Crippen MR) is 225 cm³/mol. The first kappa shape index (κ1) is 45.0. The van der Waals surface area contributed by atoms with Crippen molar-refractivity contribution in [1.82, 2.24) is 20.4 Å². The Balaban J connectivity index is 1.27. The van der Waals surface area contributed by atoms with Gasteiger partial charge in [-0.25, -0.2) is 14.0 Å². The molecule has 3 aromatic rings. The van der Waals surface area contributed by atoms with Crippen LogP contribution < -0.4 is 26.2 Å². The van der Waals surface area contributed by atoms with Gasteiger partial charge in [0.05, 0.1) is 40.7 Å². The Bertz CT molecular complexity index is 2000. The molecule has 2 heterocycles. The molecule has 0 saturated carbocycles. The Labute approximate surface area is 351 Å². The summed E-state index contributed by atoms with van der Waals surface area (Å²) in [5.41, 5.74) is 3.20. The summed E-state index contributed by atoms with van der Waals surface area (Å²) in [4.78, 5) is 81.3. The van der Waals surface area contributed by atoms with Crippen molar-refractivity contribution in [3.63, 3.8) is 0 Å². The highest BCUT2D eigenvalue weighted by molar-refractivity contribution is 6.09. The van der Waals surface area contributed by atoms with Crippen molar-refractivity contribution < 1.29 is 42.6 Å². The number of carbonyl (C=O) groups is 6. The highest BCUT2D eigenvalue weighted by Gasteiger charge is 2.38. The normalized spacial score (nSPS) is 17.9. The number of anilines is 3. The Hall–Kier alpha value is -6.13. The van der Waals surface area contributed by atoms with Gasteiger partial charge >= 0.3 is 12.2 Å². The first-order chi connectivity index (χ1) is 28.6. The molecule has 4 N–H and O–H groups in total. The lowest BCUT2D eigenvalue weighted by atomic mass is 9.85. The van der Waals surface area contributed by atoms with Gasteiger partial charge in [-0.3, -0.25) is 19.2 Å². The van der Waals surface area contributed by atoms with Crippen molar-refractivity contribution in [2.45, 2.75) is 76.9 Å². The highest BCUT2D eigenvalue weighted by atomic mass is 19.1. The molecular weight excluding hydrogens is 772 g/mol. The van der Waals surface area contributed by atoms with E-state index in [0.717, 1.165) is 29.7 Å². The molecule has 6 amide bonds. The Morgan fingerprint density at radius 3 is 1.92 bits per heavy atom. The molecule has 0 aromatic heterocycles. The van der Waals surface area contributed by atoms with Crippen molar-refractivity contribution >= 4 is 60.7 Å². The molecule has 318 valence electrons. The predicted octanol–water partition coefficient (Wildman–Crippen LogP) is 5.32. The lowest BCUT2D eigenvalue weighted by Gasteiger charge is -2.34. The topological polar surface area (TPSA) is 179 Å². The van der Waals surface area contributed by atoms with Gasteiger partial charge in [0.2, 0.25) is 23.6 Å². The number of alkyl carbamates (subject to hydrolysis) is 2. The van der Waals surface area contributed by atoms with Crippen molar-refractivity contribution in [1.29, 1.82) is 0 Å². The molecular formula is C43H53BFN7O8. The minimum absolute atomic E-state index is 0.0912. The van der Waals surface area contributed by atoms with E-state index in [0.29, 0.717) is 30.8 Å². The van der Waals surface area contributed by atoms with Gasteiger partial charge in [0.25, 0.3) is 0 Å². The van der Waals surface area contributed by atoms with Crippen LogP contribution in [0.4, 0.5) is 31.0 Å². The SMILES string of the molecule is [B]CCN(CC(=O)Nc1ccc([C@H]2CC[C@@H](c3ccc(NC(=O)[C@@H]4CCCN4C(=O)CNC(=O)OC)cc3)N2c2ccc(F)cc2)cc1)C(=O)[C@@H](NC(=O)OC)C(C)(C)C. The number of nitrogens with one attached hydrogen (secondary N) is 4. The third kappa shape index (κ3) is 11.3. The molecule has 4 atom stereocenters. The number of methoxy groups -OCH3 is 2. The number of benzene rings is 3. The number of carbonyl (C=O) groups excluding carboxylic acids is 6. The van der Waals surface area contributed by atoms with Crippen molar-refractivity contribution in [3.05, 3.63) is 89.7 Å². The summed E-state index contributed by atoms with van der Waals surface area (Å²) in [6.07, 6.45) is 1.33. The maximum absolute atomic E-state index is 14.1. The third-order valence-corrected chi connectivity index (χ3v) is 10.7. The lowest BCUT2D eigenvalue weighted by molar-refractivity contribution is -0.138. The highest BCUT2D eigenvalue weighted by Crippen LogP contribution is 2.47. The maximum Gasteiger partial charge on any atom is 0.407 e. The largest absolute Gasteiger partial charge is 0.453 e. The van der Waals surface area contributed by atoms with Gasteiger partial charge in [0, 0.05) is 30.2 Å². The molecule has 0 bridgehead atoms. The van der Waals surface area contributed by atoms with E-state index in [1.807, 2.05) is 36.4 Å². The molecule has 0 aliphatic carbocycles. The number of rotatable bonds is 14. The van der Waals surface area contributed by atoms with Gasteiger partial charge in [-0.2, -0.15) is 0 Å². The Kier molecular flexibility index (Phi) is 15.2. The summed E-state index contributed by atoms with van der Waals surface area (Å²) >= 11 is 0. The minimum Gasteiger partial charge on any atom is -0.453 e. The van der Waals surface area contributed by atoms with Crippen LogP contribution in [0.5, 0.6) is 0 Å². The summed E-state index contributed by atoms with van der Waals surface area (Å²) in [7, 11) is 8.21. The van der Waals surface area contributed by atoms with Crippen molar-refractivity contribution in [3.8, 4) is 0 Å². The van der Waals surface area contributed by atoms with Crippen LogP contribution in [-0.4, -0.2) is 106 Å². The number of ether oxygens (including phenoxy) is 2. The van der Waals surface area contributed by atoms with E-state index in [2.05, 4.69) is 30.9 Å². The zero-order chi connectivity index (χ0) is 43.6. The van der Waals surface area contributed by atoms with Crippen LogP contribution in [0.2, 0.25) is 6.32 Å². The smallest absolute Gasteiger partial charge is 0.407 e. The molecule has 3 aromatic carbocycles. The fraction of sp³-hybridized carbons (Fsp3) is 0.442. The van der Waals surface area contributed by atoms with Crippen LogP contribution in [0, 0.1) is 11.2 Å². The third-order valence-electron chi connectivity index (χ3n) is 10.7. The quantitative estimate of drug-likeness (QED) is 0.157. The molecule has 2 saturated heterocycles. The number of nitrogens with zero attached hydrogens (tertiary/aromatic N) is 3. The average molecular weight is 826 g/mol. The zero-order valence-electron chi connectivity index (χ0n) is 34.7. The van der Waals surface area contributed by atoms with Crippen molar-refractivity contribution in [2.24, 2.45) is 5.41 Å². The summed E-state index contributed by atoms with van der Waals surface area (Å²) in [5.74, 6) is -1.94. The monoisotopic (exact) mass is 825 g/mol. The average Bonchev–Trinajstić information content (AvgIpc) is 3.91. The minimum atomic E-state index is -0.960. The van der Waals surface area contributed by atoms with Crippen LogP contribution in [0.15, 0.2) is 72.8 Å². The molecule has 17 heteroatoms. The van der Waals surface area contributed by atoms with E-state index in [4.69, 9.17) is 12.6 Å². The van der Waals surface area contributed by atoms with Gasteiger partial charge in [-0.05, 0) is 90.8 Å². The summed E-state index contributed by atoms with van der Waals surface area (Å²) < 4.78 is 23.4. The first-order valence-electron chi connectivity index (χ1n) is 19.9. The molecule has 2 fully saturated rings. The number of amides is 6. The van der Waals surface area contributed by atoms with Crippen LogP contribution in [0.3, 0.4) is 0 Å². The molecule has 0 unspecified atom stereocenters. The standard InChI is InChI=1S/C43H53BFN7O8/c1-43(2,3)38(49-42(58)60-5)40(56)50(24-22-44)26-36(53)47-30-14-8-27(9-15-30)33-20-21-34(52(33)32-18-12-29(45)13-19-32)28-10-16-31(17-11-28)48-39(55)35-7-6-23-51(35)37(54)25-46-41(57)59-4/h8-19,33-35,38H,6-7,20-26H2,1-5H3,(H,46,57)(H,47,53)(H,48,55)(H,49,58)/t33-,34+,35+,38-/m1/s1. The van der Waals surface area contributed by atoms with E-state index in [1.54, 1.807) is 45.0 Å². The van der Waals surface area contributed by atoms with Crippen LogP contribution in [0.25, 0.3) is 0 Å². The molecule has 60 heavy (non-hydrogen) atoms. The fourth-order valence-corrected chi connectivity index (χ4v) is 7.71. The number of halogens is 1. The Morgan fingerprint density at radius 1 is 0.817 bits per heavy atom. The van der Waals surface area contributed by atoms with E-state index in [9.17, 15) is 33.2 Å². The van der Waals surface area contributed by atoms with Crippen LogP contribution >= 0.6 is 0 Å². The second-order valence-electron chi connectivity index (χ2n) is 15.8. The second-order valence-corrected chi connectivity index (χ2v) is 15.8. The lowest BCUT2D eigenvalue weighted by Crippen LogP contribution is -2.56. The summed E-state index contributed by atoms with van der Waals surface area (Å²) in [6, 6.07) is 19.5. The number of hydrogen-bond acceptors (Lipinski definition) is 9. The summed E-state index contributed by atoms with van der Waals surface area (Å²) in [5, 5.41) is 10.7. The van der Waals surface area contributed by atoms with Gasteiger partial charge < -0.3 is 45.4 Å². The van der Waals surface area contributed by atoms with Crippen LogP contribution in [-0.2, 0) is 28.7 Å². The van der Waals surface area contributed by atoms with E-state index >= 15 is 0 Å². The molecule has 0 spiro atoms. The molecule has 15 nitrogen and oxygen atoms in total. The molecule has 2 aliphatic rings. The molecule has 2 aliphatic heterocycles. The van der Waals surface area contributed by atoms with Gasteiger partial charge in [-0.15, -0.1) is 0 Å². The number of likely N-dealkylation sites (tertiary alicyclic amines) is 1. The van der Waals surface area contributed by atoms with Crippen LogP contribution in [0.1, 0.15) is 69.7 Å².